The van der Waals surface area contributed by atoms with Crippen molar-refractivity contribution in [3.63, 3.8) is 0 Å². The lowest BCUT2D eigenvalue weighted by Crippen LogP contribution is -2.06. The molecule has 3 rings (SSSR count). The number of carboxylic acid groups (broad SMARTS) is 1. The maximum atomic E-state index is 11.2. The Morgan fingerprint density at radius 1 is 1.10 bits per heavy atom. The van der Waals surface area contributed by atoms with Gasteiger partial charge in [0.2, 0.25) is 0 Å². The number of carbonyl (C=O) groups is 1. The summed E-state index contributed by atoms with van der Waals surface area (Å²) < 4.78 is 9.12. The number of aromatic nitrogens is 2. The lowest BCUT2D eigenvalue weighted by molar-refractivity contribution is 0.0686. The number of nitrogens with zero attached hydrogens (tertiary/aromatic N) is 2. The van der Waals surface area contributed by atoms with E-state index in [0.29, 0.717) is 0 Å². The summed E-state index contributed by atoms with van der Waals surface area (Å²) in [7, 11) is 5.37. The molecular weight excluding hydrogens is 268 g/mol. The molecule has 0 unspecified atom stereocenters. The molecule has 3 aromatic rings. The van der Waals surface area contributed by atoms with Crippen molar-refractivity contribution in [2.75, 3.05) is 7.11 Å². The van der Waals surface area contributed by atoms with Crippen LogP contribution in [0.2, 0.25) is 0 Å². The van der Waals surface area contributed by atoms with Gasteiger partial charge in [-0.25, -0.2) is 4.79 Å². The predicted octanol–water partition coefficient (Wildman–Crippen LogP) is 2.89. The molecule has 1 aromatic carbocycles. The lowest BCUT2D eigenvalue weighted by atomic mass is 10.2. The average Bonchev–Trinajstić information content (AvgIpc) is 3.00. The molecule has 0 bridgehead atoms. The Balaban J connectivity index is 2.26. The fourth-order valence-corrected chi connectivity index (χ4v) is 2.74. The molecule has 0 saturated carbocycles. The van der Waals surface area contributed by atoms with E-state index >= 15 is 0 Å². The first kappa shape index (κ1) is 13.3. The molecule has 0 aliphatic carbocycles. The van der Waals surface area contributed by atoms with Gasteiger partial charge in [-0.05, 0) is 30.3 Å². The smallest absolute Gasteiger partial charge is 0.352 e. The molecule has 0 spiro atoms. The van der Waals surface area contributed by atoms with Gasteiger partial charge in [-0.2, -0.15) is 0 Å². The Labute approximate surface area is 122 Å². The first-order chi connectivity index (χ1) is 10.0. The minimum Gasteiger partial charge on any atom is -0.496 e. The molecule has 0 radical (unpaired) electrons. The van der Waals surface area contributed by atoms with Crippen molar-refractivity contribution in [1.82, 2.24) is 9.13 Å². The van der Waals surface area contributed by atoms with E-state index in [1.54, 1.807) is 24.8 Å². The van der Waals surface area contributed by atoms with Gasteiger partial charge >= 0.3 is 5.97 Å². The Morgan fingerprint density at radius 2 is 1.86 bits per heavy atom. The molecule has 0 aliphatic rings. The summed E-state index contributed by atoms with van der Waals surface area (Å²) in [4.78, 5) is 11.2. The molecular formula is C16H16N2O3. The average molecular weight is 284 g/mol. The highest BCUT2D eigenvalue weighted by Crippen LogP contribution is 2.33. The Kier molecular flexibility index (Phi) is 2.97. The van der Waals surface area contributed by atoms with Crippen LogP contribution < -0.4 is 4.74 Å². The van der Waals surface area contributed by atoms with Crippen LogP contribution in [-0.2, 0) is 14.1 Å². The molecule has 2 heterocycles. The van der Waals surface area contributed by atoms with Gasteiger partial charge in [0.15, 0.2) is 0 Å². The zero-order valence-corrected chi connectivity index (χ0v) is 12.1. The minimum absolute atomic E-state index is 0.266. The number of rotatable bonds is 3. The van der Waals surface area contributed by atoms with Crippen molar-refractivity contribution in [3.05, 3.63) is 42.1 Å². The molecule has 5 heteroatoms. The molecule has 0 atom stereocenters. The van der Waals surface area contributed by atoms with Crippen LogP contribution in [0.15, 0.2) is 36.4 Å². The Bertz CT molecular complexity index is 843. The highest BCUT2D eigenvalue weighted by molar-refractivity contribution is 5.92. The number of carboxylic acids is 1. The van der Waals surface area contributed by atoms with Crippen LogP contribution in [0.5, 0.6) is 5.75 Å². The second-order valence-electron chi connectivity index (χ2n) is 4.95. The predicted molar refractivity (Wildman–Crippen MR) is 80.8 cm³/mol. The number of fused-ring (bicyclic) bond motifs is 1. The molecule has 0 saturated heterocycles. The molecule has 2 aromatic heterocycles. The van der Waals surface area contributed by atoms with Crippen LogP contribution in [0.1, 0.15) is 10.5 Å². The van der Waals surface area contributed by atoms with Crippen molar-refractivity contribution >= 4 is 16.9 Å². The number of hydrogen-bond acceptors (Lipinski definition) is 2. The van der Waals surface area contributed by atoms with Crippen molar-refractivity contribution in [3.8, 4) is 17.1 Å². The van der Waals surface area contributed by atoms with E-state index in [9.17, 15) is 4.79 Å². The number of aryl methyl sites for hydroxylation is 1. The topological polar surface area (TPSA) is 56.4 Å². The van der Waals surface area contributed by atoms with Gasteiger partial charge in [-0.1, -0.05) is 6.07 Å². The van der Waals surface area contributed by atoms with Crippen LogP contribution in [0.4, 0.5) is 0 Å². The number of aromatic carboxylic acids is 1. The number of methoxy groups -OCH3 is 1. The highest BCUT2D eigenvalue weighted by atomic mass is 16.5. The monoisotopic (exact) mass is 284 g/mol. The summed E-state index contributed by atoms with van der Waals surface area (Å²) in [6, 6.07) is 11.3. The second kappa shape index (κ2) is 4.70. The van der Waals surface area contributed by atoms with E-state index in [1.807, 2.05) is 41.9 Å². The largest absolute Gasteiger partial charge is 0.496 e. The van der Waals surface area contributed by atoms with Gasteiger partial charge < -0.3 is 19.0 Å². The number of hydrogen-bond donors (Lipinski definition) is 1. The third-order valence-electron chi connectivity index (χ3n) is 3.87. The first-order valence-corrected chi connectivity index (χ1v) is 6.56. The molecule has 5 nitrogen and oxygen atoms in total. The van der Waals surface area contributed by atoms with Gasteiger partial charge in [0.1, 0.15) is 11.4 Å². The van der Waals surface area contributed by atoms with Crippen LogP contribution in [0.25, 0.3) is 22.3 Å². The summed E-state index contributed by atoms with van der Waals surface area (Å²) >= 11 is 0. The second-order valence-corrected chi connectivity index (χ2v) is 4.95. The van der Waals surface area contributed by atoms with Gasteiger partial charge in [-0.3, -0.25) is 0 Å². The summed E-state index contributed by atoms with van der Waals surface area (Å²) in [5.41, 5.74) is 3.11. The number of benzene rings is 1. The summed E-state index contributed by atoms with van der Waals surface area (Å²) in [5.74, 6) is -0.123. The van der Waals surface area contributed by atoms with E-state index < -0.39 is 5.97 Å². The third-order valence-corrected chi connectivity index (χ3v) is 3.87. The lowest BCUT2D eigenvalue weighted by Gasteiger charge is -2.07. The van der Waals surface area contributed by atoms with E-state index in [-0.39, 0.29) is 5.69 Å². The van der Waals surface area contributed by atoms with E-state index in [4.69, 9.17) is 9.84 Å². The maximum Gasteiger partial charge on any atom is 0.352 e. The van der Waals surface area contributed by atoms with Crippen LogP contribution in [-0.4, -0.2) is 27.3 Å². The summed E-state index contributed by atoms with van der Waals surface area (Å²) in [5, 5.41) is 10.2. The van der Waals surface area contributed by atoms with Crippen molar-refractivity contribution in [1.29, 1.82) is 0 Å². The molecule has 21 heavy (non-hydrogen) atoms. The van der Waals surface area contributed by atoms with Crippen molar-refractivity contribution < 1.29 is 14.6 Å². The fraction of sp³-hybridized carbons (Fsp3) is 0.188. The van der Waals surface area contributed by atoms with Crippen LogP contribution in [0, 0.1) is 0 Å². The molecule has 108 valence electrons. The fourth-order valence-electron chi connectivity index (χ4n) is 2.74. The van der Waals surface area contributed by atoms with E-state index in [2.05, 4.69) is 0 Å². The van der Waals surface area contributed by atoms with Crippen LogP contribution >= 0.6 is 0 Å². The molecule has 0 aliphatic heterocycles. The zero-order valence-electron chi connectivity index (χ0n) is 12.1. The Morgan fingerprint density at radius 3 is 2.48 bits per heavy atom. The highest BCUT2D eigenvalue weighted by Gasteiger charge is 2.16. The summed E-state index contributed by atoms with van der Waals surface area (Å²) in [6.45, 7) is 0. The van der Waals surface area contributed by atoms with Crippen molar-refractivity contribution in [2.45, 2.75) is 0 Å². The first-order valence-electron chi connectivity index (χ1n) is 6.56. The van der Waals surface area contributed by atoms with Gasteiger partial charge in [0.05, 0.1) is 24.0 Å². The standard InChI is InChI=1S/C16H16N2O3/c1-17-11-5-4-6-15(21-3)10(11)9-14(17)12-7-8-13(16(19)20)18(12)2/h4-9H,1-3H3,(H,19,20). The maximum absolute atomic E-state index is 11.2. The SMILES string of the molecule is COc1cccc2c1cc(-c1ccc(C(=O)O)n1C)n2C. The van der Waals surface area contributed by atoms with E-state index in [1.165, 1.54) is 0 Å². The van der Waals surface area contributed by atoms with Crippen LogP contribution in [0.3, 0.4) is 0 Å². The normalized spacial score (nSPS) is 11.0. The van der Waals surface area contributed by atoms with Crippen molar-refractivity contribution in [2.24, 2.45) is 14.1 Å². The van der Waals surface area contributed by atoms with Gasteiger partial charge in [0.25, 0.3) is 0 Å². The number of ether oxygens (including phenoxy) is 1. The quantitative estimate of drug-likeness (QED) is 0.804. The Hall–Kier alpha value is -2.69. The molecule has 0 fully saturated rings. The molecule has 1 N–H and O–H groups in total. The molecule has 0 amide bonds. The van der Waals surface area contributed by atoms with Gasteiger partial charge in [-0.15, -0.1) is 0 Å². The minimum atomic E-state index is -0.930. The van der Waals surface area contributed by atoms with Gasteiger partial charge in [0, 0.05) is 19.5 Å². The zero-order chi connectivity index (χ0) is 15.1. The third kappa shape index (κ3) is 1.89. The summed E-state index contributed by atoms with van der Waals surface area (Å²) in [6.07, 6.45) is 0. The van der Waals surface area contributed by atoms with E-state index in [0.717, 1.165) is 28.0 Å².